The second-order valence-electron chi connectivity index (χ2n) is 5.99. The van der Waals surface area contributed by atoms with Crippen molar-refractivity contribution in [2.75, 3.05) is 46.4 Å². The van der Waals surface area contributed by atoms with Crippen LogP contribution in [0.1, 0.15) is 52.4 Å². The van der Waals surface area contributed by atoms with Crippen molar-refractivity contribution in [2.24, 2.45) is 4.99 Å². The summed E-state index contributed by atoms with van der Waals surface area (Å²) >= 11 is 0. The van der Waals surface area contributed by atoms with Gasteiger partial charge in [-0.1, -0.05) is 26.7 Å². The van der Waals surface area contributed by atoms with Crippen LogP contribution in [0.25, 0.3) is 0 Å². The first-order valence-electron chi connectivity index (χ1n) is 9.08. The number of unbranched alkanes of at least 4 members (excludes halogenated alkanes) is 1. The number of aliphatic imine (C=N–C) groups is 1. The van der Waals surface area contributed by atoms with Crippen LogP contribution in [0.5, 0.6) is 0 Å². The number of hydrogen-bond donors (Lipinski definition) is 2. The van der Waals surface area contributed by atoms with Crippen LogP contribution in [0.2, 0.25) is 0 Å². The van der Waals surface area contributed by atoms with E-state index in [2.05, 4.69) is 34.4 Å². The Bertz CT molecular complexity index is 302. The number of nitrogens with zero attached hydrogens (tertiary/aromatic N) is 2. The van der Waals surface area contributed by atoms with E-state index < -0.39 is 0 Å². The number of hydrogen-bond acceptors (Lipinski definition) is 3. The highest BCUT2D eigenvalue weighted by Gasteiger charge is 2.19. The zero-order valence-electron chi connectivity index (χ0n) is 15.3. The number of halogens is 1. The predicted octanol–water partition coefficient (Wildman–Crippen LogP) is 2.85. The first-order valence-corrected chi connectivity index (χ1v) is 9.08. The maximum absolute atomic E-state index is 5.54. The van der Waals surface area contributed by atoms with Crippen molar-refractivity contribution in [2.45, 2.75) is 58.4 Å². The minimum Gasteiger partial charge on any atom is -0.380 e. The summed E-state index contributed by atoms with van der Waals surface area (Å²) in [6, 6.07) is 0.775. The molecule has 0 aliphatic carbocycles. The molecular formula is C17H37IN4O. The lowest BCUT2D eigenvalue weighted by Crippen LogP contribution is -2.46. The fourth-order valence-electron chi connectivity index (χ4n) is 2.95. The van der Waals surface area contributed by atoms with Crippen LogP contribution in [0, 0.1) is 0 Å². The molecule has 1 heterocycles. The molecule has 5 nitrogen and oxygen atoms in total. The van der Waals surface area contributed by atoms with E-state index in [1.807, 2.05) is 7.05 Å². The second-order valence-corrected chi connectivity index (χ2v) is 5.99. The van der Waals surface area contributed by atoms with Gasteiger partial charge >= 0.3 is 0 Å². The van der Waals surface area contributed by atoms with E-state index in [1.165, 1.54) is 38.6 Å². The third-order valence-electron chi connectivity index (χ3n) is 4.32. The van der Waals surface area contributed by atoms with Crippen LogP contribution in [0.3, 0.4) is 0 Å². The highest BCUT2D eigenvalue weighted by molar-refractivity contribution is 14.0. The summed E-state index contributed by atoms with van der Waals surface area (Å²) in [7, 11) is 1.82. The molecule has 0 aromatic heterocycles. The van der Waals surface area contributed by atoms with Gasteiger partial charge in [-0.25, -0.2) is 0 Å². The van der Waals surface area contributed by atoms with Crippen molar-refractivity contribution in [1.82, 2.24) is 15.5 Å². The van der Waals surface area contributed by atoms with Crippen molar-refractivity contribution >= 4 is 29.9 Å². The SMILES string of the molecule is CCCCOCCNC(=NC)NCCN1CCCCC1CC.I. The zero-order valence-corrected chi connectivity index (χ0v) is 17.6. The molecule has 0 spiro atoms. The van der Waals surface area contributed by atoms with Gasteiger partial charge < -0.3 is 15.4 Å². The Morgan fingerprint density at radius 2 is 1.96 bits per heavy atom. The van der Waals surface area contributed by atoms with E-state index >= 15 is 0 Å². The van der Waals surface area contributed by atoms with Gasteiger partial charge in [0.25, 0.3) is 0 Å². The monoisotopic (exact) mass is 440 g/mol. The highest BCUT2D eigenvalue weighted by atomic mass is 127. The number of rotatable bonds is 10. The van der Waals surface area contributed by atoms with Crippen LogP contribution in [0.15, 0.2) is 4.99 Å². The normalized spacial score (nSPS) is 19.3. The Hall–Kier alpha value is -0.0800. The van der Waals surface area contributed by atoms with Crippen molar-refractivity contribution < 1.29 is 4.74 Å². The molecule has 2 N–H and O–H groups in total. The van der Waals surface area contributed by atoms with Crippen LogP contribution in [0.4, 0.5) is 0 Å². The number of ether oxygens (including phenoxy) is 1. The molecule has 0 bridgehead atoms. The lowest BCUT2D eigenvalue weighted by atomic mass is 10.0. The average Bonchev–Trinajstić information content (AvgIpc) is 2.56. The summed E-state index contributed by atoms with van der Waals surface area (Å²) in [5, 5.41) is 6.71. The van der Waals surface area contributed by atoms with Gasteiger partial charge in [-0.05, 0) is 32.2 Å². The summed E-state index contributed by atoms with van der Waals surface area (Å²) in [5.41, 5.74) is 0. The molecule has 0 amide bonds. The second kappa shape index (κ2) is 15.4. The van der Waals surface area contributed by atoms with Gasteiger partial charge in [-0.15, -0.1) is 24.0 Å². The molecule has 1 atom stereocenters. The predicted molar refractivity (Wildman–Crippen MR) is 110 cm³/mol. The fraction of sp³-hybridized carbons (Fsp3) is 0.941. The largest absolute Gasteiger partial charge is 0.380 e. The van der Waals surface area contributed by atoms with Gasteiger partial charge in [0.1, 0.15) is 0 Å². The van der Waals surface area contributed by atoms with Gasteiger partial charge in [0.15, 0.2) is 5.96 Å². The lowest BCUT2D eigenvalue weighted by Gasteiger charge is -2.35. The van der Waals surface area contributed by atoms with E-state index in [0.29, 0.717) is 0 Å². The lowest BCUT2D eigenvalue weighted by molar-refractivity contribution is 0.135. The van der Waals surface area contributed by atoms with Gasteiger partial charge in [0.2, 0.25) is 0 Å². The third-order valence-corrected chi connectivity index (χ3v) is 4.32. The Morgan fingerprint density at radius 3 is 2.65 bits per heavy atom. The van der Waals surface area contributed by atoms with Gasteiger partial charge in [0, 0.05) is 39.3 Å². The van der Waals surface area contributed by atoms with Gasteiger partial charge in [-0.3, -0.25) is 9.89 Å². The molecule has 1 aliphatic heterocycles. The molecule has 1 rings (SSSR count). The number of likely N-dealkylation sites (tertiary alicyclic amines) is 1. The molecule has 0 saturated carbocycles. The number of guanidine groups is 1. The highest BCUT2D eigenvalue weighted by Crippen LogP contribution is 2.18. The van der Waals surface area contributed by atoms with E-state index in [-0.39, 0.29) is 24.0 Å². The van der Waals surface area contributed by atoms with Crippen LogP contribution >= 0.6 is 24.0 Å². The Kier molecular flexibility index (Phi) is 15.4. The van der Waals surface area contributed by atoms with Crippen molar-refractivity contribution in [1.29, 1.82) is 0 Å². The average molecular weight is 440 g/mol. The summed E-state index contributed by atoms with van der Waals surface area (Å²) in [4.78, 5) is 6.89. The number of nitrogens with one attached hydrogen (secondary N) is 2. The summed E-state index contributed by atoms with van der Waals surface area (Å²) < 4.78 is 5.54. The van der Waals surface area contributed by atoms with Crippen molar-refractivity contribution in [3.05, 3.63) is 0 Å². The topological polar surface area (TPSA) is 48.9 Å². The zero-order chi connectivity index (χ0) is 16.0. The standard InChI is InChI=1S/C17H36N4O.HI/c1-4-6-14-22-15-11-20-17(18-3)19-10-13-21-12-8-7-9-16(21)5-2;/h16H,4-15H2,1-3H3,(H2,18,19,20);1H. The Balaban J connectivity index is 0.00000484. The van der Waals surface area contributed by atoms with Gasteiger partial charge in [-0.2, -0.15) is 0 Å². The summed E-state index contributed by atoms with van der Waals surface area (Å²) in [6.45, 7) is 10.2. The van der Waals surface area contributed by atoms with Crippen LogP contribution in [-0.2, 0) is 4.74 Å². The maximum Gasteiger partial charge on any atom is 0.191 e. The minimum atomic E-state index is 0. The van der Waals surface area contributed by atoms with E-state index in [9.17, 15) is 0 Å². The third kappa shape index (κ3) is 10.4. The van der Waals surface area contributed by atoms with E-state index in [0.717, 1.165) is 51.3 Å². The molecule has 23 heavy (non-hydrogen) atoms. The molecule has 0 aromatic rings. The first kappa shape index (κ1) is 22.9. The smallest absolute Gasteiger partial charge is 0.191 e. The molecular weight excluding hydrogens is 403 g/mol. The van der Waals surface area contributed by atoms with Gasteiger partial charge in [0.05, 0.1) is 6.61 Å². The maximum atomic E-state index is 5.54. The first-order chi connectivity index (χ1) is 10.8. The molecule has 1 aliphatic rings. The Labute approximate surface area is 160 Å². The molecule has 0 aromatic carbocycles. The fourth-order valence-corrected chi connectivity index (χ4v) is 2.95. The molecule has 6 heteroatoms. The molecule has 1 unspecified atom stereocenters. The molecule has 0 radical (unpaired) electrons. The summed E-state index contributed by atoms with van der Waals surface area (Å²) in [5.74, 6) is 0.879. The van der Waals surface area contributed by atoms with E-state index in [1.54, 1.807) is 0 Å². The molecule has 138 valence electrons. The summed E-state index contributed by atoms with van der Waals surface area (Å²) in [6.07, 6.45) is 7.69. The van der Waals surface area contributed by atoms with Crippen molar-refractivity contribution in [3.8, 4) is 0 Å². The Morgan fingerprint density at radius 1 is 1.17 bits per heavy atom. The van der Waals surface area contributed by atoms with Crippen LogP contribution in [-0.4, -0.2) is 63.3 Å². The van der Waals surface area contributed by atoms with E-state index in [4.69, 9.17) is 4.74 Å². The minimum absolute atomic E-state index is 0. The van der Waals surface area contributed by atoms with Crippen LogP contribution < -0.4 is 10.6 Å². The quantitative estimate of drug-likeness (QED) is 0.238. The number of piperidine rings is 1. The molecule has 1 saturated heterocycles. The molecule has 1 fully saturated rings. The van der Waals surface area contributed by atoms with Crippen molar-refractivity contribution in [3.63, 3.8) is 0 Å².